The smallest absolute Gasteiger partial charge is 0.257 e. The van der Waals surface area contributed by atoms with Crippen LogP contribution in [-0.2, 0) is 6.54 Å². The molecule has 0 N–H and O–H groups in total. The maximum atomic E-state index is 13.2. The lowest BCUT2D eigenvalue weighted by molar-refractivity contribution is 0.0787. The van der Waals surface area contributed by atoms with Gasteiger partial charge in [0.05, 0.1) is 21.3 Å². The molecule has 0 aliphatic carbocycles. The first-order valence-corrected chi connectivity index (χ1v) is 10.7. The molecule has 0 atom stereocenters. The minimum absolute atomic E-state index is 0.121. The number of benzene rings is 2. The SMILES string of the molecule is Cc1c(-c2ccccc2)oc2c(C(=O)N(C)Cc3ccc(Br)s3)cccc2c1=O. The van der Waals surface area contributed by atoms with Crippen LogP contribution in [0.3, 0.4) is 0 Å². The van der Waals surface area contributed by atoms with E-state index in [1.807, 2.05) is 42.5 Å². The Hall–Kier alpha value is -2.70. The number of amides is 1. The molecule has 4 rings (SSSR count). The highest BCUT2D eigenvalue weighted by Gasteiger charge is 2.21. The van der Waals surface area contributed by atoms with Crippen molar-refractivity contribution < 1.29 is 9.21 Å². The van der Waals surface area contributed by atoms with Crippen LogP contribution in [0.1, 0.15) is 20.8 Å². The fraction of sp³-hybridized carbons (Fsp3) is 0.130. The van der Waals surface area contributed by atoms with E-state index < -0.39 is 0 Å². The Balaban J connectivity index is 1.81. The number of hydrogen-bond acceptors (Lipinski definition) is 4. The minimum atomic E-state index is -0.189. The average molecular weight is 468 g/mol. The van der Waals surface area contributed by atoms with Gasteiger partial charge in [0.1, 0.15) is 5.76 Å². The molecule has 0 fully saturated rings. The quantitative estimate of drug-likeness (QED) is 0.377. The molecule has 0 saturated heterocycles. The van der Waals surface area contributed by atoms with Gasteiger partial charge in [-0.1, -0.05) is 36.4 Å². The van der Waals surface area contributed by atoms with Gasteiger partial charge in [0.2, 0.25) is 0 Å². The van der Waals surface area contributed by atoms with Crippen LogP contribution in [0.25, 0.3) is 22.3 Å². The second kappa shape index (κ2) is 7.97. The molecule has 4 aromatic rings. The molecule has 146 valence electrons. The number of nitrogens with zero attached hydrogens (tertiary/aromatic N) is 1. The van der Waals surface area contributed by atoms with Gasteiger partial charge in [0, 0.05) is 23.1 Å². The first-order valence-electron chi connectivity index (χ1n) is 9.07. The number of carbonyl (C=O) groups excluding carboxylic acids is 1. The van der Waals surface area contributed by atoms with E-state index in [-0.39, 0.29) is 11.3 Å². The molecule has 0 aliphatic rings. The van der Waals surface area contributed by atoms with E-state index in [1.165, 1.54) is 0 Å². The number of carbonyl (C=O) groups is 1. The zero-order valence-electron chi connectivity index (χ0n) is 15.9. The van der Waals surface area contributed by atoms with Crippen molar-refractivity contribution in [3.8, 4) is 11.3 Å². The molecular formula is C23H18BrNO3S. The number of hydrogen-bond donors (Lipinski definition) is 0. The summed E-state index contributed by atoms with van der Waals surface area (Å²) in [6.45, 7) is 2.23. The lowest BCUT2D eigenvalue weighted by Gasteiger charge is -2.17. The van der Waals surface area contributed by atoms with E-state index in [2.05, 4.69) is 15.9 Å². The summed E-state index contributed by atoms with van der Waals surface area (Å²) < 4.78 is 7.18. The number of para-hydroxylation sites is 1. The summed E-state index contributed by atoms with van der Waals surface area (Å²) in [7, 11) is 1.75. The van der Waals surface area contributed by atoms with Crippen molar-refractivity contribution in [2.45, 2.75) is 13.5 Å². The topological polar surface area (TPSA) is 50.5 Å². The van der Waals surface area contributed by atoms with Crippen molar-refractivity contribution in [2.24, 2.45) is 0 Å². The largest absolute Gasteiger partial charge is 0.455 e. The van der Waals surface area contributed by atoms with E-state index in [4.69, 9.17) is 4.42 Å². The molecular weight excluding hydrogens is 450 g/mol. The van der Waals surface area contributed by atoms with E-state index in [0.717, 1.165) is 14.2 Å². The van der Waals surface area contributed by atoms with Crippen LogP contribution < -0.4 is 5.43 Å². The second-order valence-electron chi connectivity index (χ2n) is 6.80. The van der Waals surface area contributed by atoms with Crippen LogP contribution in [0.2, 0.25) is 0 Å². The molecule has 0 spiro atoms. The predicted octanol–water partition coefficient (Wildman–Crippen LogP) is 5.86. The lowest BCUT2D eigenvalue weighted by atomic mass is 10.0. The average Bonchev–Trinajstić information content (AvgIpc) is 3.14. The van der Waals surface area contributed by atoms with Gasteiger partial charge in [0.15, 0.2) is 11.0 Å². The molecule has 0 aliphatic heterocycles. The van der Waals surface area contributed by atoms with Crippen molar-refractivity contribution in [3.63, 3.8) is 0 Å². The molecule has 0 radical (unpaired) electrons. The van der Waals surface area contributed by atoms with Crippen molar-refractivity contribution in [1.29, 1.82) is 0 Å². The van der Waals surface area contributed by atoms with Crippen LogP contribution in [-0.4, -0.2) is 17.9 Å². The second-order valence-corrected chi connectivity index (χ2v) is 9.35. The zero-order valence-corrected chi connectivity index (χ0v) is 18.3. The van der Waals surface area contributed by atoms with Crippen molar-refractivity contribution in [2.75, 3.05) is 7.05 Å². The molecule has 29 heavy (non-hydrogen) atoms. The molecule has 2 heterocycles. The maximum Gasteiger partial charge on any atom is 0.257 e. The molecule has 0 saturated carbocycles. The highest BCUT2D eigenvalue weighted by atomic mass is 79.9. The minimum Gasteiger partial charge on any atom is -0.455 e. The summed E-state index contributed by atoms with van der Waals surface area (Å²) in [6, 6.07) is 18.6. The van der Waals surface area contributed by atoms with Gasteiger partial charge in [-0.25, -0.2) is 0 Å². The van der Waals surface area contributed by atoms with Crippen LogP contribution in [0, 0.1) is 6.92 Å². The van der Waals surface area contributed by atoms with Gasteiger partial charge >= 0.3 is 0 Å². The molecule has 4 nitrogen and oxygen atoms in total. The number of halogens is 1. The summed E-state index contributed by atoms with van der Waals surface area (Å²) in [5, 5.41) is 0.417. The monoisotopic (exact) mass is 467 g/mol. The summed E-state index contributed by atoms with van der Waals surface area (Å²) in [4.78, 5) is 28.8. The van der Waals surface area contributed by atoms with Crippen molar-refractivity contribution in [1.82, 2.24) is 4.90 Å². The molecule has 0 unspecified atom stereocenters. The summed E-state index contributed by atoms with van der Waals surface area (Å²) >= 11 is 5.03. The third kappa shape index (κ3) is 3.78. The zero-order chi connectivity index (χ0) is 20.5. The Morgan fingerprint density at radius 2 is 1.83 bits per heavy atom. The van der Waals surface area contributed by atoms with Gasteiger partial charge in [-0.15, -0.1) is 11.3 Å². The number of rotatable bonds is 4. The van der Waals surface area contributed by atoms with Gasteiger partial charge in [0.25, 0.3) is 5.91 Å². The Morgan fingerprint density at radius 3 is 2.52 bits per heavy atom. The van der Waals surface area contributed by atoms with Gasteiger partial charge in [-0.3, -0.25) is 9.59 Å². The molecule has 6 heteroatoms. The van der Waals surface area contributed by atoms with E-state index in [0.29, 0.717) is 34.4 Å². The van der Waals surface area contributed by atoms with Crippen LogP contribution >= 0.6 is 27.3 Å². The normalized spacial score (nSPS) is 11.0. The fourth-order valence-electron chi connectivity index (χ4n) is 3.29. The Labute approximate surface area is 180 Å². The summed E-state index contributed by atoms with van der Waals surface area (Å²) in [5.41, 5.74) is 1.93. The van der Waals surface area contributed by atoms with Gasteiger partial charge in [-0.05, 0) is 47.1 Å². The molecule has 2 aromatic carbocycles. The Morgan fingerprint density at radius 1 is 1.07 bits per heavy atom. The third-order valence-electron chi connectivity index (χ3n) is 4.78. The molecule has 2 aromatic heterocycles. The van der Waals surface area contributed by atoms with Crippen molar-refractivity contribution in [3.05, 3.63) is 90.7 Å². The van der Waals surface area contributed by atoms with Crippen LogP contribution in [0.15, 0.2) is 73.7 Å². The predicted molar refractivity (Wildman–Crippen MR) is 120 cm³/mol. The number of thiophene rings is 1. The van der Waals surface area contributed by atoms with Crippen LogP contribution in [0.4, 0.5) is 0 Å². The highest BCUT2D eigenvalue weighted by Crippen LogP contribution is 2.28. The summed E-state index contributed by atoms with van der Waals surface area (Å²) in [5.74, 6) is 0.305. The third-order valence-corrected chi connectivity index (χ3v) is 6.39. The Kier molecular flexibility index (Phi) is 5.39. The summed E-state index contributed by atoms with van der Waals surface area (Å²) in [6.07, 6.45) is 0. The first-order chi connectivity index (χ1) is 14.0. The lowest BCUT2D eigenvalue weighted by Crippen LogP contribution is -2.26. The maximum absolute atomic E-state index is 13.2. The number of fused-ring (bicyclic) bond motifs is 1. The van der Waals surface area contributed by atoms with Crippen molar-refractivity contribution >= 4 is 44.1 Å². The van der Waals surface area contributed by atoms with Gasteiger partial charge < -0.3 is 9.32 Å². The molecule has 1 amide bonds. The first kappa shape index (κ1) is 19.6. The van der Waals surface area contributed by atoms with E-state index >= 15 is 0 Å². The Bertz CT molecular complexity index is 1260. The van der Waals surface area contributed by atoms with Crippen LogP contribution in [0.5, 0.6) is 0 Å². The standard InChI is InChI=1S/C23H18BrNO3S/c1-14-20(26)17-9-6-10-18(22(17)28-21(14)15-7-4-3-5-8-15)23(27)25(2)13-16-11-12-19(24)29-16/h3-12H,13H2,1-2H3. The van der Waals surface area contributed by atoms with Gasteiger partial charge in [-0.2, -0.15) is 0 Å². The fourth-order valence-corrected chi connectivity index (χ4v) is 4.83. The van der Waals surface area contributed by atoms with E-state index in [9.17, 15) is 9.59 Å². The highest BCUT2D eigenvalue weighted by molar-refractivity contribution is 9.11. The molecule has 0 bridgehead atoms. The van der Waals surface area contributed by atoms with E-state index in [1.54, 1.807) is 48.4 Å².